The second-order valence-corrected chi connectivity index (χ2v) is 8.48. The van der Waals surface area contributed by atoms with Crippen molar-refractivity contribution in [2.24, 2.45) is 0 Å². The molecule has 0 aromatic heterocycles. The summed E-state index contributed by atoms with van der Waals surface area (Å²) < 4.78 is 0. The predicted octanol–water partition coefficient (Wildman–Crippen LogP) is 7.74. The van der Waals surface area contributed by atoms with Gasteiger partial charge in [0.15, 0.2) is 11.6 Å². The van der Waals surface area contributed by atoms with Crippen LogP contribution in [0.4, 0.5) is 0 Å². The van der Waals surface area contributed by atoms with Crippen LogP contribution < -0.4 is 0 Å². The normalized spacial score (nSPS) is 11.0. The SMILES string of the molecule is CCCCCCCCCC(=O)c1cc(O)c(C(=O)CCCCCCCCC)cc1O. The van der Waals surface area contributed by atoms with Crippen molar-refractivity contribution < 1.29 is 19.8 Å². The lowest BCUT2D eigenvalue weighted by Gasteiger charge is -2.09. The minimum Gasteiger partial charge on any atom is -0.507 e. The second-order valence-electron chi connectivity index (χ2n) is 8.48. The Balaban J connectivity index is 2.44. The molecule has 0 radical (unpaired) electrons. The first kappa shape index (κ1) is 26.2. The van der Waals surface area contributed by atoms with Crippen LogP contribution in [0.3, 0.4) is 0 Å². The van der Waals surface area contributed by atoms with Crippen LogP contribution in [0.2, 0.25) is 0 Å². The Labute approximate surface area is 183 Å². The molecular formula is C26H42O4. The third-order valence-electron chi connectivity index (χ3n) is 5.73. The fourth-order valence-corrected chi connectivity index (χ4v) is 3.78. The minimum atomic E-state index is -0.205. The average Bonchev–Trinajstić information content (AvgIpc) is 2.73. The van der Waals surface area contributed by atoms with Crippen LogP contribution in [0.25, 0.3) is 0 Å². The van der Waals surface area contributed by atoms with Crippen LogP contribution in [0.5, 0.6) is 11.5 Å². The van der Waals surface area contributed by atoms with Gasteiger partial charge in [-0.2, -0.15) is 0 Å². The van der Waals surface area contributed by atoms with Gasteiger partial charge in [-0.15, -0.1) is 0 Å². The van der Waals surface area contributed by atoms with Crippen LogP contribution in [0, 0.1) is 0 Å². The molecule has 2 N–H and O–H groups in total. The quantitative estimate of drug-likeness (QED) is 0.145. The summed E-state index contributed by atoms with van der Waals surface area (Å²) in [6.07, 6.45) is 16.4. The van der Waals surface area contributed by atoms with Crippen molar-refractivity contribution >= 4 is 11.6 Å². The van der Waals surface area contributed by atoms with Crippen molar-refractivity contribution in [3.05, 3.63) is 23.3 Å². The van der Waals surface area contributed by atoms with E-state index in [1.165, 1.54) is 63.5 Å². The highest BCUT2D eigenvalue weighted by Crippen LogP contribution is 2.30. The van der Waals surface area contributed by atoms with Gasteiger partial charge in [0.1, 0.15) is 11.5 Å². The number of carbonyl (C=O) groups is 2. The van der Waals surface area contributed by atoms with Gasteiger partial charge >= 0.3 is 0 Å². The lowest BCUT2D eigenvalue weighted by atomic mass is 9.97. The van der Waals surface area contributed by atoms with Crippen LogP contribution in [-0.4, -0.2) is 21.8 Å². The minimum absolute atomic E-state index is 0.117. The van der Waals surface area contributed by atoms with Crippen LogP contribution in [-0.2, 0) is 0 Å². The molecule has 0 bridgehead atoms. The highest BCUT2D eigenvalue weighted by atomic mass is 16.3. The molecule has 1 rings (SSSR count). The number of hydrogen-bond donors (Lipinski definition) is 2. The van der Waals surface area contributed by atoms with Gasteiger partial charge in [-0.05, 0) is 25.0 Å². The molecule has 0 amide bonds. The molecule has 0 aliphatic carbocycles. The third-order valence-corrected chi connectivity index (χ3v) is 5.73. The van der Waals surface area contributed by atoms with Gasteiger partial charge < -0.3 is 10.2 Å². The number of carbonyl (C=O) groups excluding carboxylic acids is 2. The molecule has 0 unspecified atom stereocenters. The summed E-state index contributed by atoms with van der Waals surface area (Å²) in [6, 6.07) is 2.52. The molecule has 4 nitrogen and oxygen atoms in total. The Kier molecular flexibility index (Phi) is 13.9. The van der Waals surface area contributed by atoms with E-state index in [0.717, 1.165) is 38.5 Å². The Hall–Kier alpha value is -1.84. The summed E-state index contributed by atoms with van der Waals surface area (Å²) >= 11 is 0. The number of hydrogen-bond acceptors (Lipinski definition) is 4. The maximum atomic E-state index is 12.4. The van der Waals surface area contributed by atoms with E-state index in [2.05, 4.69) is 13.8 Å². The Morgan fingerprint density at radius 3 is 1.20 bits per heavy atom. The van der Waals surface area contributed by atoms with E-state index in [1.54, 1.807) is 0 Å². The monoisotopic (exact) mass is 418 g/mol. The summed E-state index contributed by atoms with van der Waals surface area (Å²) in [6.45, 7) is 4.38. The lowest BCUT2D eigenvalue weighted by molar-refractivity contribution is 0.0962. The second kappa shape index (κ2) is 15.9. The van der Waals surface area contributed by atoms with Gasteiger partial charge in [-0.25, -0.2) is 0 Å². The number of phenols is 2. The number of rotatable bonds is 18. The largest absolute Gasteiger partial charge is 0.507 e. The molecule has 4 heteroatoms. The molecular weight excluding hydrogens is 376 g/mol. The molecule has 0 heterocycles. The first-order chi connectivity index (χ1) is 14.5. The summed E-state index contributed by atoms with van der Waals surface area (Å²) in [4.78, 5) is 24.8. The number of aromatic hydroxyl groups is 2. The van der Waals surface area contributed by atoms with Crippen LogP contribution >= 0.6 is 0 Å². The van der Waals surface area contributed by atoms with Crippen molar-refractivity contribution in [2.75, 3.05) is 0 Å². The maximum Gasteiger partial charge on any atom is 0.166 e. The highest BCUT2D eigenvalue weighted by Gasteiger charge is 2.18. The summed E-state index contributed by atoms with van der Waals surface area (Å²) in [7, 11) is 0. The number of ketones is 2. The molecule has 0 saturated carbocycles. The van der Waals surface area contributed by atoms with E-state index in [4.69, 9.17) is 0 Å². The first-order valence-corrected chi connectivity index (χ1v) is 12.1. The first-order valence-electron chi connectivity index (χ1n) is 12.1. The highest BCUT2D eigenvalue weighted by molar-refractivity contribution is 6.03. The Bertz CT molecular complexity index is 580. The maximum absolute atomic E-state index is 12.4. The smallest absolute Gasteiger partial charge is 0.166 e. The topological polar surface area (TPSA) is 74.6 Å². The van der Waals surface area contributed by atoms with Gasteiger partial charge in [0, 0.05) is 12.8 Å². The van der Waals surface area contributed by atoms with E-state index >= 15 is 0 Å². The molecule has 0 spiro atoms. The zero-order valence-electron chi connectivity index (χ0n) is 19.2. The van der Waals surface area contributed by atoms with E-state index in [0.29, 0.717) is 12.8 Å². The summed E-state index contributed by atoms with van der Waals surface area (Å²) in [5.41, 5.74) is 0.233. The fraction of sp³-hybridized carbons (Fsp3) is 0.692. The van der Waals surface area contributed by atoms with Crippen molar-refractivity contribution in [3.63, 3.8) is 0 Å². The van der Waals surface area contributed by atoms with E-state index in [1.807, 2.05) is 0 Å². The Morgan fingerprint density at radius 2 is 0.867 bits per heavy atom. The number of phenolic OH excluding ortho intramolecular Hbond substituents is 2. The molecule has 0 aliphatic heterocycles. The molecule has 1 aromatic rings. The molecule has 0 fully saturated rings. The Morgan fingerprint density at radius 1 is 0.567 bits per heavy atom. The van der Waals surface area contributed by atoms with E-state index in [9.17, 15) is 19.8 Å². The molecule has 0 saturated heterocycles. The zero-order chi connectivity index (χ0) is 22.2. The predicted molar refractivity (Wildman–Crippen MR) is 124 cm³/mol. The van der Waals surface area contributed by atoms with Crippen LogP contribution in [0.1, 0.15) is 137 Å². The summed E-state index contributed by atoms with van der Waals surface area (Å²) in [5.74, 6) is -0.766. The van der Waals surface area contributed by atoms with Gasteiger partial charge in [0.25, 0.3) is 0 Å². The fourth-order valence-electron chi connectivity index (χ4n) is 3.78. The van der Waals surface area contributed by atoms with Crippen molar-refractivity contribution in [3.8, 4) is 11.5 Å². The number of Topliss-reactive ketones (excluding diaryl/α,β-unsaturated/α-hetero) is 2. The number of benzene rings is 1. The summed E-state index contributed by atoms with van der Waals surface area (Å²) in [5, 5.41) is 20.5. The van der Waals surface area contributed by atoms with E-state index < -0.39 is 0 Å². The van der Waals surface area contributed by atoms with Crippen molar-refractivity contribution in [2.45, 2.75) is 117 Å². The molecule has 30 heavy (non-hydrogen) atoms. The third kappa shape index (κ3) is 10.3. The molecule has 0 atom stereocenters. The van der Waals surface area contributed by atoms with E-state index in [-0.39, 0.29) is 34.2 Å². The van der Waals surface area contributed by atoms with Gasteiger partial charge in [-0.1, -0.05) is 90.9 Å². The standard InChI is InChI=1S/C26H42O4/c1-3-5-7-9-11-13-15-17-23(27)21-19-26(30)22(20-25(21)29)24(28)18-16-14-12-10-8-6-4-2/h19-20,29-30H,3-18H2,1-2H3. The number of unbranched alkanes of at least 4 members (excludes halogenated alkanes) is 12. The average molecular weight is 419 g/mol. The van der Waals surface area contributed by atoms with Gasteiger partial charge in [0.2, 0.25) is 0 Å². The lowest BCUT2D eigenvalue weighted by Crippen LogP contribution is -2.04. The van der Waals surface area contributed by atoms with Crippen molar-refractivity contribution in [1.29, 1.82) is 0 Å². The zero-order valence-corrected chi connectivity index (χ0v) is 19.2. The van der Waals surface area contributed by atoms with Gasteiger partial charge in [0.05, 0.1) is 11.1 Å². The molecule has 170 valence electrons. The van der Waals surface area contributed by atoms with Crippen LogP contribution in [0.15, 0.2) is 12.1 Å². The molecule has 1 aromatic carbocycles. The van der Waals surface area contributed by atoms with Crippen molar-refractivity contribution in [1.82, 2.24) is 0 Å². The van der Waals surface area contributed by atoms with Gasteiger partial charge in [-0.3, -0.25) is 9.59 Å². The molecule has 0 aliphatic rings.